The van der Waals surface area contributed by atoms with Gasteiger partial charge in [0.2, 0.25) is 11.8 Å². The molecule has 6 heteroatoms. The summed E-state index contributed by atoms with van der Waals surface area (Å²) in [5.41, 5.74) is 1.59. The molecule has 1 unspecified atom stereocenters. The summed E-state index contributed by atoms with van der Waals surface area (Å²) in [4.78, 5) is 30.1. The molecule has 35 heavy (non-hydrogen) atoms. The molecule has 0 heterocycles. The van der Waals surface area contributed by atoms with Gasteiger partial charge in [0.05, 0.1) is 0 Å². The predicted molar refractivity (Wildman–Crippen MR) is 148 cm³/mol. The van der Waals surface area contributed by atoms with Crippen molar-refractivity contribution in [1.82, 2.24) is 10.2 Å². The van der Waals surface area contributed by atoms with Crippen LogP contribution in [-0.4, -0.2) is 34.0 Å². The third-order valence-corrected chi connectivity index (χ3v) is 6.85. The zero-order valence-corrected chi connectivity index (χ0v) is 22.9. The molecule has 0 fully saturated rings. The number of carbonyl (C=O) groups excluding carboxylic acids is 2. The van der Waals surface area contributed by atoms with Crippen molar-refractivity contribution >= 4 is 39.5 Å². The van der Waals surface area contributed by atoms with Gasteiger partial charge in [0.1, 0.15) is 6.04 Å². The largest absolute Gasteiger partial charge is 0.350 e. The van der Waals surface area contributed by atoms with E-state index in [0.717, 1.165) is 20.5 Å². The fraction of sp³-hybridized carbons (Fsp3) is 0.310. The molecule has 184 valence electrons. The molecule has 0 radical (unpaired) electrons. The van der Waals surface area contributed by atoms with Gasteiger partial charge in [0.15, 0.2) is 0 Å². The van der Waals surface area contributed by atoms with Crippen molar-refractivity contribution in [1.29, 1.82) is 0 Å². The second-order valence-electron chi connectivity index (χ2n) is 9.51. The van der Waals surface area contributed by atoms with Gasteiger partial charge in [-0.2, -0.15) is 0 Å². The second kappa shape index (κ2) is 12.9. The fourth-order valence-corrected chi connectivity index (χ4v) is 5.06. The van der Waals surface area contributed by atoms with Crippen molar-refractivity contribution in [3.63, 3.8) is 0 Å². The number of rotatable bonds is 10. The first kappa shape index (κ1) is 27.0. The molecule has 0 saturated carbocycles. The molecule has 3 rings (SSSR count). The van der Waals surface area contributed by atoms with Crippen LogP contribution in [0.1, 0.15) is 38.3 Å². The number of nitrogens with one attached hydrogen (secondary N) is 1. The SMILES string of the molecule is CC(C)(C)NC(=O)C(Cc1ccccc1)N(Cc1cccc(Br)c1)C(=O)CCSc1ccccc1. The number of benzene rings is 3. The topological polar surface area (TPSA) is 49.4 Å². The fourth-order valence-electron chi connectivity index (χ4n) is 3.76. The number of hydrogen-bond donors (Lipinski definition) is 1. The molecule has 1 N–H and O–H groups in total. The molecule has 0 bridgehead atoms. The second-order valence-corrected chi connectivity index (χ2v) is 11.6. The summed E-state index contributed by atoms with van der Waals surface area (Å²) in [5, 5.41) is 3.11. The van der Waals surface area contributed by atoms with Gasteiger partial charge >= 0.3 is 0 Å². The van der Waals surface area contributed by atoms with Gasteiger partial charge in [-0.05, 0) is 56.2 Å². The molecular formula is C29H33BrN2O2S. The van der Waals surface area contributed by atoms with E-state index in [0.29, 0.717) is 25.1 Å². The van der Waals surface area contributed by atoms with Crippen LogP contribution in [0.5, 0.6) is 0 Å². The molecule has 0 aliphatic carbocycles. The Kier molecular flexibility index (Phi) is 9.99. The van der Waals surface area contributed by atoms with Crippen LogP contribution in [0.15, 0.2) is 94.3 Å². The summed E-state index contributed by atoms with van der Waals surface area (Å²) in [7, 11) is 0. The highest BCUT2D eigenvalue weighted by atomic mass is 79.9. The van der Waals surface area contributed by atoms with E-state index in [4.69, 9.17) is 0 Å². The van der Waals surface area contributed by atoms with Crippen LogP contribution < -0.4 is 5.32 Å². The summed E-state index contributed by atoms with van der Waals surface area (Å²) < 4.78 is 0.945. The van der Waals surface area contributed by atoms with E-state index in [1.165, 1.54) is 0 Å². The molecule has 0 spiro atoms. The summed E-state index contributed by atoms with van der Waals surface area (Å²) in [5.74, 6) is 0.482. The lowest BCUT2D eigenvalue weighted by Crippen LogP contribution is -2.54. The zero-order valence-electron chi connectivity index (χ0n) is 20.5. The van der Waals surface area contributed by atoms with E-state index in [2.05, 4.69) is 21.2 Å². The van der Waals surface area contributed by atoms with Crippen molar-refractivity contribution in [2.45, 2.75) is 56.6 Å². The Morgan fingerprint density at radius 3 is 2.17 bits per heavy atom. The lowest BCUT2D eigenvalue weighted by atomic mass is 10.0. The summed E-state index contributed by atoms with van der Waals surface area (Å²) in [6.45, 7) is 6.24. The summed E-state index contributed by atoms with van der Waals surface area (Å²) in [6, 6.07) is 27.2. The number of nitrogens with zero attached hydrogens (tertiary/aromatic N) is 1. The molecule has 0 aromatic heterocycles. The molecule has 2 amide bonds. The van der Waals surface area contributed by atoms with Crippen LogP contribution in [0.2, 0.25) is 0 Å². The van der Waals surface area contributed by atoms with Crippen LogP contribution in [0.4, 0.5) is 0 Å². The maximum atomic E-state index is 13.6. The van der Waals surface area contributed by atoms with Gasteiger partial charge in [-0.15, -0.1) is 11.8 Å². The Bertz CT molecular complexity index is 1100. The number of carbonyl (C=O) groups is 2. The normalized spacial score (nSPS) is 12.1. The highest BCUT2D eigenvalue weighted by molar-refractivity contribution is 9.10. The van der Waals surface area contributed by atoms with E-state index in [-0.39, 0.29) is 11.8 Å². The van der Waals surface area contributed by atoms with Crippen molar-refractivity contribution in [3.05, 3.63) is 101 Å². The minimum Gasteiger partial charge on any atom is -0.350 e. The van der Waals surface area contributed by atoms with Gasteiger partial charge in [0.25, 0.3) is 0 Å². The molecule has 0 aliphatic rings. The van der Waals surface area contributed by atoms with E-state index in [9.17, 15) is 9.59 Å². The third-order valence-electron chi connectivity index (χ3n) is 5.34. The molecule has 0 aliphatic heterocycles. The highest BCUT2D eigenvalue weighted by Crippen LogP contribution is 2.22. The molecule has 0 saturated heterocycles. The Hall–Kier alpha value is -2.57. The third kappa shape index (κ3) is 9.19. The average Bonchev–Trinajstić information content (AvgIpc) is 2.81. The van der Waals surface area contributed by atoms with Gasteiger partial charge in [-0.25, -0.2) is 0 Å². The van der Waals surface area contributed by atoms with E-state index < -0.39 is 11.6 Å². The Balaban J connectivity index is 1.87. The van der Waals surface area contributed by atoms with Crippen LogP contribution in [0, 0.1) is 0 Å². The van der Waals surface area contributed by atoms with Gasteiger partial charge in [-0.3, -0.25) is 9.59 Å². The van der Waals surface area contributed by atoms with Crippen molar-refractivity contribution in [2.75, 3.05) is 5.75 Å². The Labute approximate surface area is 221 Å². The van der Waals surface area contributed by atoms with E-state index >= 15 is 0 Å². The molecule has 3 aromatic carbocycles. The minimum atomic E-state index is -0.621. The first-order valence-electron chi connectivity index (χ1n) is 11.8. The number of thioether (sulfide) groups is 1. The monoisotopic (exact) mass is 552 g/mol. The first-order chi connectivity index (χ1) is 16.7. The molecule has 1 atom stereocenters. The Morgan fingerprint density at radius 2 is 1.54 bits per heavy atom. The van der Waals surface area contributed by atoms with E-state index in [1.807, 2.05) is 106 Å². The quantitative estimate of drug-likeness (QED) is 0.292. The lowest BCUT2D eigenvalue weighted by molar-refractivity contribution is -0.141. The smallest absolute Gasteiger partial charge is 0.243 e. The Morgan fingerprint density at radius 1 is 0.914 bits per heavy atom. The van der Waals surface area contributed by atoms with Gasteiger partial charge < -0.3 is 10.2 Å². The summed E-state index contributed by atoms with van der Waals surface area (Å²) in [6.07, 6.45) is 0.802. The number of halogens is 1. The van der Waals surface area contributed by atoms with E-state index in [1.54, 1.807) is 16.7 Å². The maximum absolute atomic E-state index is 13.6. The van der Waals surface area contributed by atoms with Crippen LogP contribution in [0.25, 0.3) is 0 Å². The van der Waals surface area contributed by atoms with Crippen molar-refractivity contribution in [2.24, 2.45) is 0 Å². The zero-order chi connectivity index (χ0) is 25.3. The van der Waals surface area contributed by atoms with Gasteiger partial charge in [-0.1, -0.05) is 76.6 Å². The molecular weight excluding hydrogens is 520 g/mol. The van der Waals surface area contributed by atoms with Crippen LogP contribution in [-0.2, 0) is 22.6 Å². The summed E-state index contributed by atoms with van der Waals surface area (Å²) >= 11 is 5.18. The van der Waals surface area contributed by atoms with Crippen molar-refractivity contribution in [3.8, 4) is 0 Å². The lowest BCUT2D eigenvalue weighted by Gasteiger charge is -2.34. The van der Waals surface area contributed by atoms with Crippen LogP contribution in [0.3, 0.4) is 0 Å². The maximum Gasteiger partial charge on any atom is 0.243 e. The predicted octanol–water partition coefficient (Wildman–Crippen LogP) is 6.49. The standard InChI is InChI=1S/C29H33BrN2O2S/c1-29(2,3)31-28(34)26(20-22-11-6-4-7-12-22)32(21-23-13-10-14-24(30)19-23)27(33)17-18-35-25-15-8-5-9-16-25/h4-16,19,26H,17-18,20-21H2,1-3H3,(H,31,34). The molecule has 3 aromatic rings. The number of hydrogen-bond acceptors (Lipinski definition) is 3. The minimum absolute atomic E-state index is 0.0293. The van der Waals surface area contributed by atoms with Crippen LogP contribution >= 0.6 is 27.7 Å². The van der Waals surface area contributed by atoms with Crippen molar-refractivity contribution < 1.29 is 9.59 Å². The highest BCUT2D eigenvalue weighted by Gasteiger charge is 2.32. The molecule has 4 nitrogen and oxygen atoms in total. The first-order valence-corrected chi connectivity index (χ1v) is 13.6. The number of amides is 2. The average molecular weight is 554 g/mol. The van der Waals surface area contributed by atoms with Gasteiger partial charge in [0, 0.05) is 40.0 Å².